The number of allylic oxidation sites excluding steroid dienone is 2. The Labute approximate surface area is 222 Å². The fourth-order valence-electron chi connectivity index (χ4n) is 4.58. The van der Waals surface area contributed by atoms with Crippen LogP contribution in [0.25, 0.3) is 11.2 Å². The van der Waals surface area contributed by atoms with Crippen LogP contribution in [0.4, 0.5) is 5.82 Å². The van der Waals surface area contributed by atoms with Crippen LogP contribution >= 0.6 is 11.6 Å². The van der Waals surface area contributed by atoms with Crippen molar-refractivity contribution in [2.24, 2.45) is 0 Å². The molecule has 1 aliphatic heterocycles. The third kappa shape index (κ3) is 4.77. The lowest BCUT2D eigenvalue weighted by Crippen LogP contribution is -2.49. The van der Waals surface area contributed by atoms with Gasteiger partial charge in [0, 0.05) is 17.2 Å². The SMILES string of the molecule is Cc1ccccc1CNc1ncnc2c1ncn2[C@@H]1O[C@H](CO)[C@@H](O)[C@H]1NC(=O)C1=CC=C(Cl)C(O)C1O. The fraction of sp³-hybridized carbons (Fsp3) is 0.360. The van der Waals surface area contributed by atoms with Crippen LogP contribution in [0.5, 0.6) is 0 Å². The Hall–Kier alpha value is -3.39. The first-order valence-electron chi connectivity index (χ1n) is 11.9. The predicted molar refractivity (Wildman–Crippen MR) is 137 cm³/mol. The first-order chi connectivity index (χ1) is 18.3. The number of amides is 1. The molecule has 6 atom stereocenters. The van der Waals surface area contributed by atoms with Crippen LogP contribution in [-0.2, 0) is 16.1 Å². The predicted octanol–water partition coefficient (Wildman–Crippen LogP) is 0.267. The van der Waals surface area contributed by atoms with Crippen LogP contribution in [0.3, 0.4) is 0 Å². The van der Waals surface area contributed by atoms with Gasteiger partial charge in [0.2, 0.25) is 5.91 Å². The Morgan fingerprint density at radius 2 is 1.92 bits per heavy atom. The van der Waals surface area contributed by atoms with Crippen LogP contribution < -0.4 is 10.6 Å². The summed E-state index contributed by atoms with van der Waals surface area (Å²) >= 11 is 5.85. The third-order valence-electron chi connectivity index (χ3n) is 6.77. The van der Waals surface area contributed by atoms with E-state index in [1.165, 1.54) is 29.4 Å². The molecule has 6 N–H and O–H groups in total. The molecule has 3 heterocycles. The maximum Gasteiger partial charge on any atom is 0.250 e. The fourth-order valence-corrected chi connectivity index (χ4v) is 4.76. The van der Waals surface area contributed by atoms with Gasteiger partial charge in [-0.3, -0.25) is 9.36 Å². The molecule has 38 heavy (non-hydrogen) atoms. The Morgan fingerprint density at radius 3 is 2.68 bits per heavy atom. The van der Waals surface area contributed by atoms with Gasteiger partial charge in [0.1, 0.15) is 36.8 Å². The number of aliphatic hydroxyl groups excluding tert-OH is 4. The molecule has 2 aliphatic rings. The average Bonchev–Trinajstić information content (AvgIpc) is 3.48. The Bertz CT molecular complexity index is 1410. The van der Waals surface area contributed by atoms with Crippen molar-refractivity contribution in [3.05, 3.63) is 70.8 Å². The van der Waals surface area contributed by atoms with Crippen molar-refractivity contribution < 1.29 is 30.0 Å². The van der Waals surface area contributed by atoms with E-state index < -0.39 is 49.2 Å². The molecule has 1 fully saturated rings. The van der Waals surface area contributed by atoms with Gasteiger partial charge in [-0.05, 0) is 30.2 Å². The summed E-state index contributed by atoms with van der Waals surface area (Å²) in [5, 5.41) is 46.9. The summed E-state index contributed by atoms with van der Waals surface area (Å²) in [6.07, 6.45) is -0.876. The summed E-state index contributed by atoms with van der Waals surface area (Å²) in [4.78, 5) is 26.1. The van der Waals surface area contributed by atoms with Gasteiger partial charge < -0.3 is 35.8 Å². The van der Waals surface area contributed by atoms with Gasteiger partial charge in [0.15, 0.2) is 23.2 Å². The average molecular weight is 543 g/mol. The molecule has 5 rings (SSSR count). The number of hydrogen-bond donors (Lipinski definition) is 6. The quantitative estimate of drug-likeness (QED) is 0.243. The number of carbonyl (C=O) groups excluding carboxylic acids is 1. The van der Waals surface area contributed by atoms with Gasteiger partial charge in [-0.25, -0.2) is 15.0 Å². The molecule has 1 aliphatic carbocycles. The van der Waals surface area contributed by atoms with Gasteiger partial charge in [-0.1, -0.05) is 35.9 Å². The normalized spacial score (nSPS) is 27.2. The largest absolute Gasteiger partial charge is 0.394 e. The highest BCUT2D eigenvalue weighted by Crippen LogP contribution is 2.33. The zero-order valence-electron chi connectivity index (χ0n) is 20.3. The second-order valence-corrected chi connectivity index (χ2v) is 9.56. The number of hydrogen-bond acceptors (Lipinski definition) is 10. The number of rotatable bonds is 7. The molecule has 200 valence electrons. The van der Waals surface area contributed by atoms with E-state index in [0.717, 1.165) is 11.1 Å². The van der Waals surface area contributed by atoms with Crippen LogP contribution in [0, 0.1) is 6.92 Å². The number of benzene rings is 1. The monoisotopic (exact) mass is 542 g/mol. The second-order valence-electron chi connectivity index (χ2n) is 9.13. The summed E-state index contributed by atoms with van der Waals surface area (Å²) < 4.78 is 7.43. The number of fused-ring (bicyclic) bond motifs is 1. The summed E-state index contributed by atoms with van der Waals surface area (Å²) in [6, 6.07) is 6.90. The zero-order valence-corrected chi connectivity index (χ0v) is 21.0. The molecule has 0 saturated carbocycles. The number of ether oxygens (including phenoxy) is 1. The van der Waals surface area contributed by atoms with E-state index >= 15 is 0 Å². The number of anilines is 1. The molecule has 13 heteroatoms. The number of nitrogens with zero attached hydrogens (tertiary/aromatic N) is 4. The Morgan fingerprint density at radius 1 is 1.13 bits per heavy atom. The lowest BCUT2D eigenvalue weighted by molar-refractivity contribution is -0.121. The maximum absolute atomic E-state index is 13.0. The lowest BCUT2D eigenvalue weighted by Gasteiger charge is -2.27. The van der Waals surface area contributed by atoms with Crippen molar-refractivity contribution in [3.63, 3.8) is 0 Å². The van der Waals surface area contributed by atoms with Gasteiger partial charge in [0.25, 0.3) is 0 Å². The van der Waals surface area contributed by atoms with E-state index in [0.29, 0.717) is 23.5 Å². The van der Waals surface area contributed by atoms with E-state index in [4.69, 9.17) is 16.3 Å². The minimum atomic E-state index is -1.55. The number of aryl methyl sites for hydroxylation is 1. The number of aromatic nitrogens is 4. The van der Waals surface area contributed by atoms with Crippen LogP contribution in [0.1, 0.15) is 17.4 Å². The van der Waals surface area contributed by atoms with E-state index in [1.807, 2.05) is 31.2 Å². The lowest BCUT2D eigenvalue weighted by atomic mass is 9.97. The van der Waals surface area contributed by atoms with Crippen molar-refractivity contribution >= 4 is 34.5 Å². The van der Waals surface area contributed by atoms with Gasteiger partial charge in [0.05, 0.1) is 12.9 Å². The van der Waals surface area contributed by atoms with E-state index in [-0.39, 0.29) is 10.6 Å². The minimum Gasteiger partial charge on any atom is -0.394 e. The van der Waals surface area contributed by atoms with Gasteiger partial charge >= 0.3 is 0 Å². The topological polar surface area (TPSA) is 175 Å². The summed E-state index contributed by atoms with van der Waals surface area (Å²) in [5.41, 5.74) is 2.91. The van der Waals surface area contributed by atoms with E-state index in [1.54, 1.807) is 0 Å². The highest BCUT2D eigenvalue weighted by molar-refractivity contribution is 6.30. The maximum atomic E-state index is 13.0. The summed E-state index contributed by atoms with van der Waals surface area (Å²) in [6.45, 7) is 2.03. The zero-order chi connectivity index (χ0) is 27.0. The highest BCUT2D eigenvalue weighted by atomic mass is 35.5. The molecule has 1 amide bonds. The molecule has 2 aromatic heterocycles. The standard InChI is InChI=1S/C25H27ClN6O6/c1-12-4-2-3-5-13(12)8-27-22-18-23(29-10-28-22)32(11-30-18)25-17(21(36)16(9-33)38-25)31-24(37)14-6-7-15(26)20(35)19(14)34/h2-7,10-11,16-17,19-21,25,33-36H,8-9H2,1H3,(H,31,37)(H,27,28,29)/t16-,17-,19?,20?,21-,25-/m1/s1. The van der Waals surface area contributed by atoms with Crippen LogP contribution in [0.15, 0.2) is 59.7 Å². The third-order valence-corrected chi connectivity index (χ3v) is 7.12. The number of halogens is 1. The second kappa shape index (κ2) is 10.8. The molecular weight excluding hydrogens is 516 g/mol. The van der Waals surface area contributed by atoms with Crippen LogP contribution in [0.2, 0.25) is 0 Å². The molecule has 1 aromatic carbocycles. The summed E-state index contributed by atoms with van der Waals surface area (Å²) in [5.74, 6) is -0.254. The number of nitrogens with one attached hydrogen (secondary N) is 2. The van der Waals surface area contributed by atoms with Crippen molar-refractivity contribution in [2.75, 3.05) is 11.9 Å². The first-order valence-corrected chi connectivity index (χ1v) is 12.3. The van der Waals surface area contributed by atoms with Gasteiger partial charge in [-0.15, -0.1) is 0 Å². The smallest absolute Gasteiger partial charge is 0.250 e. The molecule has 0 radical (unpaired) electrons. The molecule has 12 nitrogen and oxygen atoms in total. The van der Waals surface area contributed by atoms with Crippen molar-refractivity contribution in [3.8, 4) is 0 Å². The molecule has 0 bridgehead atoms. The van der Waals surface area contributed by atoms with Crippen molar-refractivity contribution in [1.29, 1.82) is 0 Å². The Balaban J connectivity index is 1.42. The molecule has 0 spiro atoms. The number of imidazole rings is 1. The molecule has 3 aromatic rings. The number of carbonyl (C=O) groups is 1. The summed E-state index contributed by atoms with van der Waals surface area (Å²) in [7, 11) is 0. The molecule has 2 unspecified atom stereocenters. The highest BCUT2D eigenvalue weighted by Gasteiger charge is 2.46. The molecule has 1 saturated heterocycles. The number of aliphatic hydroxyl groups is 4. The van der Waals surface area contributed by atoms with Crippen molar-refractivity contribution in [1.82, 2.24) is 24.8 Å². The minimum absolute atomic E-state index is 0.00656. The van der Waals surface area contributed by atoms with Crippen molar-refractivity contribution in [2.45, 2.75) is 50.2 Å². The Kier molecular flexibility index (Phi) is 7.43. The van der Waals surface area contributed by atoms with E-state index in [2.05, 4.69) is 25.6 Å². The van der Waals surface area contributed by atoms with Crippen LogP contribution in [-0.4, -0.2) is 82.9 Å². The van der Waals surface area contributed by atoms with E-state index in [9.17, 15) is 25.2 Å². The first kappa shape index (κ1) is 26.2. The van der Waals surface area contributed by atoms with Gasteiger partial charge in [-0.2, -0.15) is 0 Å². The molecular formula is C25H27ClN6O6.